The molecule has 0 aromatic heterocycles. The number of carbonyl (C=O) groups excluding carboxylic acids is 1. The number of nitrogens with zero attached hydrogens (tertiary/aromatic N) is 1. The number of halogens is 2. The molecule has 1 saturated heterocycles. The maximum atomic E-state index is 13.4. The molecule has 104 valence electrons. The normalized spacial score (nSPS) is 21.3. The molecule has 1 aliphatic rings. The molecule has 0 radical (unpaired) electrons. The summed E-state index contributed by atoms with van der Waals surface area (Å²) < 4.78 is 14.0. The van der Waals surface area contributed by atoms with Gasteiger partial charge in [-0.3, -0.25) is 4.79 Å². The number of rotatable bonds is 2. The number of benzene rings is 1. The molecule has 19 heavy (non-hydrogen) atoms. The first-order chi connectivity index (χ1) is 8.99. The minimum atomic E-state index is -0.410. The predicted octanol–water partition coefficient (Wildman–Crippen LogP) is 2.93. The second-order valence-corrected chi connectivity index (χ2v) is 5.99. The fourth-order valence-electron chi connectivity index (χ4n) is 2.60. The van der Waals surface area contributed by atoms with Crippen LogP contribution in [0.15, 0.2) is 22.7 Å². The second kappa shape index (κ2) is 6.01. The lowest BCUT2D eigenvalue weighted by atomic mass is 9.96. The summed E-state index contributed by atoms with van der Waals surface area (Å²) in [5, 5.41) is 0. The van der Waals surface area contributed by atoms with E-state index in [1.807, 2.05) is 6.92 Å². The van der Waals surface area contributed by atoms with Gasteiger partial charge >= 0.3 is 0 Å². The minimum Gasteiger partial charge on any atom is -0.334 e. The molecule has 1 amide bonds. The Morgan fingerprint density at radius 1 is 1.47 bits per heavy atom. The molecule has 1 heterocycles. The van der Waals surface area contributed by atoms with Crippen molar-refractivity contribution in [3.63, 3.8) is 0 Å². The third-order valence-corrected chi connectivity index (χ3v) is 3.98. The van der Waals surface area contributed by atoms with Gasteiger partial charge in [-0.2, -0.15) is 0 Å². The van der Waals surface area contributed by atoms with Gasteiger partial charge < -0.3 is 10.6 Å². The van der Waals surface area contributed by atoms with Crippen LogP contribution in [0.5, 0.6) is 0 Å². The zero-order chi connectivity index (χ0) is 14.0. The number of hydrogen-bond donors (Lipinski definition) is 1. The van der Waals surface area contributed by atoms with Crippen molar-refractivity contribution in [2.75, 3.05) is 6.54 Å². The summed E-state index contributed by atoms with van der Waals surface area (Å²) in [6.45, 7) is 2.61. The summed E-state index contributed by atoms with van der Waals surface area (Å²) in [5.41, 5.74) is 6.33. The zero-order valence-corrected chi connectivity index (χ0v) is 12.5. The molecule has 0 bridgehead atoms. The van der Waals surface area contributed by atoms with Gasteiger partial charge in [0.25, 0.3) is 5.91 Å². The van der Waals surface area contributed by atoms with Gasteiger partial charge in [-0.25, -0.2) is 4.39 Å². The molecule has 2 N–H and O–H groups in total. The number of amides is 1. The van der Waals surface area contributed by atoms with Crippen LogP contribution in [0.3, 0.4) is 0 Å². The van der Waals surface area contributed by atoms with E-state index in [1.54, 1.807) is 11.0 Å². The fourth-order valence-corrected chi connectivity index (χ4v) is 3.06. The number of nitrogens with two attached hydrogens (primary N) is 1. The van der Waals surface area contributed by atoms with E-state index in [4.69, 9.17) is 5.73 Å². The second-order valence-electron chi connectivity index (χ2n) is 5.08. The zero-order valence-electron chi connectivity index (χ0n) is 10.9. The van der Waals surface area contributed by atoms with Crippen LogP contribution in [0.1, 0.15) is 36.5 Å². The molecule has 1 aromatic carbocycles. The Bertz CT molecular complexity index is 458. The van der Waals surface area contributed by atoms with E-state index in [2.05, 4.69) is 15.9 Å². The van der Waals surface area contributed by atoms with E-state index < -0.39 is 5.82 Å². The molecule has 1 aliphatic heterocycles. The largest absolute Gasteiger partial charge is 0.334 e. The van der Waals surface area contributed by atoms with Crippen molar-refractivity contribution >= 4 is 21.8 Å². The highest BCUT2D eigenvalue weighted by atomic mass is 79.9. The van der Waals surface area contributed by atoms with E-state index in [0.717, 1.165) is 19.3 Å². The van der Waals surface area contributed by atoms with Gasteiger partial charge in [-0.1, -0.05) is 15.9 Å². The number of carbonyl (C=O) groups is 1. The van der Waals surface area contributed by atoms with E-state index >= 15 is 0 Å². The van der Waals surface area contributed by atoms with Crippen LogP contribution in [-0.2, 0) is 0 Å². The highest BCUT2D eigenvalue weighted by Gasteiger charge is 2.30. The Kier molecular flexibility index (Phi) is 4.58. The molecule has 0 spiro atoms. The third-order valence-electron chi connectivity index (χ3n) is 3.53. The van der Waals surface area contributed by atoms with Crippen molar-refractivity contribution < 1.29 is 9.18 Å². The average molecular weight is 329 g/mol. The Hall–Kier alpha value is -0.940. The van der Waals surface area contributed by atoms with Gasteiger partial charge in [0.05, 0.1) is 0 Å². The van der Waals surface area contributed by atoms with Crippen molar-refractivity contribution in [3.05, 3.63) is 34.1 Å². The van der Waals surface area contributed by atoms with Gasteiger partial charge in [-0.15, -0.1) is 0 Å². The highest BCUT2D eigenvalue weighted by molar-refractivity contribution is 9.10. The standard InChI is InChI=1S/C14H18BrFN2O/c1-9(17)13-4-2-3-5-18(13)14(19)10-6-11(15)8-12(16)7-10/h6-9,13H,2-5,17H2,1H3/t9-,13+/m0/s1. The topological polar surface area (TPSA) is 46.3 Å². The van der Waals surface area contributed by atoms with Crippen molar-refractivity contribution in [1.82, 2.24) is 4.90 Å². The number of likely N-dealkylation sites (tertiary alicyclic amines) is 1. The number of piperidine rings is 1. The Labute approximate surface area is 121 Å². The molecule has 0 saturated carbocycles. The minimum absolute atomic E-state index is 0.0447. The third kappa shape index (κ3) is 3.34. The molecule has 3 nitrogen and oxygen atoms in total. The lowest BCUT2D eigenvalue weighted by molar-refractivity contribution is 0.0583. The van der Waals surface area contributed by atoms with Gasteiger partial charge in [-0.05, 0) is 44.4 Å². The van der Waals surface area contributed by atoms with Gasteiger partial charge in [0, 0.05) is 28.7 Å². The molecule has 5 heteroatoms. The summed E-state index contributed by atoms with van der Waals surface area (Å²) in [5.74, 6) is -0.547. The van der Waals surface area contributed by atoms with Gasteiger partial charge in [0.15, 0.2) is 0 Å². The molecule has 1 fully saturated rings. The molecule has 1 aromatic rings. The maximum Gasteiger partial charge on any atom is 0.254 e. The fraction of sp³-hybridized carbons (Fsp3) is 0.500. The summed E-state index contributed by atoms with van der Waals surface area (Å²) in [4.78, 5) is 14.3. The van der Waals surface area contributed by atoms with E-state index in [0.29, 0.717) is 16.6 Å². The quantitative estimate of drug-likeness (QED) is 0.907. The molecule has 2 atom stereocenters. The van der Waals surface area contributed by atoms with Crippen molar-refractivity contribution in [1.29, 1.82) is 0 Å². The summed E-state index contributed by atoms with van der Waals surface area (Å²) >= 11 is 3.21. The van der Waals surface area contributed by atoms with Crippen LogP contribution in [0.2, 0.25) is 0 Å². The van der Waals surface area contributed by atoms with Crippen LogP contribution < -0.4 is 5.73 Å². The molecule has 0 unspecified atom stereocenters. The first-order valence-electron chi connectivity index (χ1n) is 6.51. The first kappa shape index (κ1) is 14.5. The number of hydrogen-bond acceptors (Lipinski definition) is 2. The lowest BCUT2D eigenvalue weighted by Gasteiger charge is -2.38. The summed E-state index contributed by atoms with van der Waals surface area (Å²) in [7, 11) is 0. The van der Waals surface area contributed by atoms with Gasteiger partial charge in [0.2, 0.25) is 0 Å². The van der Waals surface area contributed by atoms with Crippen LogP contribution in [-0.4, -0.2) is 29.4 Å². The lowest BCUT2D eigenvalue weighted by Crippen LogP contribution is -2.51. The van der Waals surface area contributed by atoms with Crippen LogP contribution in [0.4, 0.5) is 4.39 Å². The van der Waals surface area contributed by atoms with Crippen molar-refractivity contribution in [3.8, 4) is 0 Å². The molecular weight excluding hydrogens is 311 g/mol. The average Bonchev–Trinajstić information content (AvgIpc) is 2.36. The maximum absolute atomic E-state index is 13.4. The van der Waals surface area contributed by atoms with Crippen LogP contribution in [0, 0.1) is 5.82 Å². The predicted molar refractivity (Wildman–Crippen MR) is 76.4 cm³/mol. The van der Waals surface area contributed by atoms with Crippen molar-refractivity contribution in [2.45, 2.75) is 38.3 Å². The van der Waals surface area contributed by atoms with Crippen LogP contribution >= 0.6 is 15.9 Å². The van der Waals surface area contributed by atoms with Crippen molar-refractivity contribution in [2.24, 2.45) is 5.73 Å². The van der Waals surface area contributed by atoms with Crippen LogP contribution in [0.25, 0.3) is 0 Å². The van der Waals surface area contributed by atoms with E-state index in [-0.39, 0.29) is 18.0 Å². The monoisotopic (exact) mass is 328 g/mol. The Morgan fingerprint density at radius 3 is 2.84 bits per heavy atom. The van der Waals surface area contributed by atoms with E-state index in [9.17, 15) is 9.18 Å². The summed E-state index contributed by atoms with van der Waals surface area (Å²) in [6.07, 6.45) is 2.98. The smallest absolute Gasteiger partial charge is 0.254 e. The van der Waals surface area contributed by atoms with E-state index in [1.165, 1.54) is 12.1 Å². The summed E-state index contributed by atoms with van der Waals surface area (Å²) in [6, 6.07) is 4.25. The SMILES string of the molecule is C[C@H](N)[C@H]1CCCCN1C(=O)c1cc(F)cc(Br)c1. The molecular formula is C14H18BrFN2O. The molecule has 2 rings (SSSR count). The Balaban J connectivity index is 2.26. The first-order valence-corrected chi connectivity index (χ1v) is 7.31. The highest BCUT2D eigenvalue weighted by Crippen LogP contribution is 2.23. The molecule has 0 aliphatic carbocycles. The Morgan fingerprint density at radius 2 is 2.21 bits per heavy atom. The van der Waals surface area contributed by atoms with Gasteiger partial charge in [0.1, 0.15) is 5.82 Å².